The number of nitrogens with zero attached hydrogens (tertiary/aromatic N) is 2. The van der Waals surface area contributed by atoms with E-state index in [1.165, 1.54) is 0 Å². The van der Waals surface area contributed by atoms with Crippen LogP contribution in [0.1, 0.15) is 20.3 Å². The molecule has 3 nitrogen and oxygen atoms in total. The molecule has 0 bridgehead atoms. The second-order valence-corrected chi connectivity index (χ2v) is 4.32. The lowest BCUT2D eigenvalue weighted by atomic mass is 10.0. The third-order valence-corrected chi connectivity index (χ3v) is 2.06. The van der Waals surface area contributed by atoms with Crippen LogP contribution in [0.15, 0.2) is 0 Å². The van der Waals surface area contributed by atoms with Crippen molar-refractivity contribution in [2.75, 3.05) is 27.7 Å². The Hall–Kier alpha value is -0.570. The molecule has 0 saturated heterocycles. The summed E-state index contributed by atoms with van der Waals surface area (Å²) in [6, 6.07) is 0.340. The largest absolute Gasteiger partial charge is 0.344 e. The summed E-state index contributed by atoms with van der Waals surface area (Å²) in [4.78, 5) is 14.5. The first kappa shape index (κ1) is 12.4. The maximum atomic E-state index is 10.6. The highest BCUT2D eigenvalue weighted by Gasteiger charge is 2.15. The molecular weight excluding hydrogens is 164 g/mol. The molecule has 0 rings (SSSR count). The van der Waals surface area contributed by atoms with E-state index in [4.69, 9.17) is 0 Å². The quantitative estimate of drug-likeness (QED) is 0.579. The molecule has 0 aliphatic carbocycles. The number of hydrogen-bond acceptors (Lipinski definition) is 2. The van der Waals surface area contributed by atoms with Crippen molar-refractivity contribution in [1.82, 2.24) is 9.80 Å². The minimum Gasteiger partial charge on any atom is -0.344 e. The molecule has 1 atom stereocenters. The zero-order valence-electron chi connectivity index (χ0n) is 9.45. The average Bonchev–Trinajstić information content (AvgIpc) is 2.00. The molecule has 0 radical (unpaired) electrons. The lowest BCUT2D eigenvalue weighted by molar-refractivity contribution is -0.119. The van der Waals surface area contributed by atoms with Crippen molar-refractivity contribution in [1.29, 1.82) is 0 Å². The molecule has 0 aliphatic rings. The Balaban J connectivity index is 4.09. The van der Waals surface area contributed by atoms with Crippen LogP contribution in [0.2, 0.25) is 0 Å². The summed E-state index contributed by atoms with van der Waals surface area (Å²) in [5, 5.41) is 0. The SMILES string of the molecule is CC(C)CC(CN(C)C)N(C)C=O. The normalized spacial score (nSPS) is 13.5. The minimum atomic E-state index is 0.340. The van der Waals surface area contributed by atoms with Crippen molar-refractivity contribution >= 4 is 6.41 Å². The van der Waals surface area contributed by atoms with Crippen LogP contribution < -0.4 is 0 Å². The number of carbonyl (C=O) groups excluding carboxylic acids is 1. The van der Waals surface area contributed by atoms with E-state index in [1.54, 1.807) is 4.90 Å². The third-order valence-electron chi connectivity index (χ3n) is 2.06. The Morgan fingerprint density at radius 3 is 2.08 bits per heavy atom. The fourth-order valence-corrected chi connectivity index (χ4v) is 1.42. The van der Waals surface area contributed by atoms with Gasteiger partial charge in [-0.3, -0.25) is 4.79 Å². The molecule has 0 spiro atoms. The van der Waals surface area contributed by atoms with Crippen LogP contribution in [0, 0.1) is 5.92 Å². The molecule has 0 saturated carbocycles. The van der Waals surface area contributed by atoms with Crippen molar-refractivity contribution in [2.45, 2.75) is 26.3 Å². The smallest absolute Gasteiger partial charge is 0.209 e. The van der Waals surface area contributed by atoms with Gasteiger partial charge in [0.05, 0.1) is 0 Å². The predicted molar refractivity (Wildman–Crippen MR) is 55.6 cm³/mol. The summed E-state index contributed by atoms with van der Waals surface area (Å²) in [5.74, 6) is 0.632. The number of carbonyl (C=O) groups is 1. The van der Waals surface area contributed by atoms with E-state index in [0.29, 0.717) is 12.0 Å². The molecule has 0 aliphatic heterocycles. The van der Waals surface area contributed by atoms with Crippen LogP contribution in [0.3, 0.4) is 0 Å². The molecule has 0 fully saturated rings. The lowest BCUT2D eigenvalue weighted by Gasteiger charge is -2.28. The first-order valence-corrected chi connectivity index (χ1v) is 4.79. The molecule has 3 heteroatoms. The monoisotopic (exact) mass is 186 g/mol. The van der Waals surface area contributed by atoms with Gasteiger partial charge in [0, 0.05) is 19.6 Å². The number of likely N-dealkylation sites (N-methyl/N-ethyl adjacent to an activating group) is 2. The van der Waals surface area contributed by atoms with E-state index in [9.17, 15) is 4.79 Å². The minimum absolute atomic E-state index is 0.340. The van der Waals surface area contributed by atoms with Crippen LogP contribution >= 0.6 is 0 Å². The maximum Gasteiger partial charge on any atom is 0.209 e. The molecular formula is C10H22N2O. The van der Waals surface area contributed by atoms with Crippen molar-refractivity contribution < 1.29 is 4.79 Å². The van der Waals surface area contributed by atoms with Gasteiger partial charge in [-0.25, -0.2) is 0 Å². The summed E-state index contributed by atoms with van der Waals surface area (Å²) in [5.41, 5.74) is 0. The van der Waals surface area contributed by atoms with Gasteiger partial charge in [-0.2, -0.15) is 0 Å². The zero-order chi connectivity index (χ0) is 10.4. The highest BCUT2D eigenvalue weighted by Crippen LogP contribution is 2.09. The summed E-state index contributed by atoms with van der Waals surface area (Å²) < 4.78 is 0. The van der Waals surface area contributed by atoms with Gasteiger partial charge in [0.15, 0.2) is 0 Å². The standard InChI is InChI=1S/C10H22N2O/c1-9(2)6-10(7-11(3)4)12(5)8-13/h8-10H,6-7H2,1-5H3. The lowest BCUT2D eigenvalue weighted by Crippen LogP contribution is -2.39. The molecule has 1 unspecified atom stereocenters. The van der Waals surface area contributed by atoms with Crippen LogP contribution in [0.4, 0.5) is 0 Å². The summed E-state index contributed by atoms with van der Waals surface area (Å²) in [7, 11) is 5.92. The van der Waals surface area contributed by atoms with Gasteiger partial charge in [0.2, 0.25) is 6.41 Å². The number of amides is 1. The third kappa shape index (κ3) is 5.64. The van der Waals surface area contributed by atoms with Crippen LogP contribution in [-0.4, -0.2) is 49.9 Å². The Morgan fingerprint density at radius 2 is 1.77 bits per heavy atom. The Bertz CT molecular complexity index is 136. The highest BCUT2D eigenvalue weighted by molar-refractivity contribution is 5.47. The molecule has 0 aromatic rings. The number of hydrogen-bond donors (Lipinski definition) is 0. The molecule has 0 aromatic carbocycles. The van der Waals surface area contributed by atoms with Gasteiger partial charge in [-0.05, 0) is 26.4 Å². The summed E-state index contributed by atoms with van der Waals surface area (Å²) >= 11 is 0. The average molecular weight is 186 g/mol. The number of rotatable bonds is 6. The van der Waals surface area contributed by atoms with E-state index >= 15 is 0 Å². The van der Waals surface area contributed by atoms with E-state index in [1.807, 2.05) is 21.1 Å². The molecule has 1 amide bonds. The van der Waals surface area contributed by atoms with Crippen molar-refractivity contribution in [3.05, 3.63) is 0 Å². The highest BCUT2D eigenvalue weighted by atomic mass is 16.1. The molecule has 13 heavy (non-hydrogen) atoms. The van der Waals surface area contributed by atoms with Gasteiger partial charge in [-0.1, -0.05) is 13.8 Å². The van der Waals surface area contributed by atoms with Gasteiger partial charge in [0.1, 0.15) is 0 Å². The molecule has 78 valence electrons. The Labute approximate surface area is 81.7 Å². The first-order chi connectivity index (χ1) is 5.97. The zero-order valence-corrected chi connectivity index (χ0v) is 9.45. The topological polar surface area (TPSA) is 23.6 Å². The van der Waals surface area contributed by atoms with Crippen molar-refractivity contribution in [3.63, 3.8) is 0 Å². The van der Waals surface area contributed by atoms with E-state index in [-0.39, 0.29) is 0 Å². The fraction of sp³-hybridized carbons (Fsp3) is 0.900. The van der Waals surface area contributed by atoms with Crippen molar-refractivity contribution in [3.8, 4) is 0 Å². The predicted octanol–water partition coefficient (Wildman–Crippen LogP) is 1.05. The molecule has 0 N–H and O–H groups in total. The second-order valence-electron chi connectivity index (χ2n) is 4.32. The van der Waals surface area contributed by atoms with Gasteiger partial charge >= 0.3 is 0 Å². The Morgan fingerprint density at radius 1 is 1.23 bits per heavy atom. The van der Waals surface area contributed by atoms with E-state index < -0.39 is 0 Å². The van der Waals surface area contributed by atoms with Crippen LogP contribution in [0.5, 0.6) is 0 Å². The first-order valence-electron chi connectivity index (χ1n) is 4.79. The van der Waals surface area contributed by atoms with Crippen LogP contribution in [0.25, 0.3) is 0 Å². The van der Waals surface area contributed by atoms with E-state index in [0.717, 1.165) is 19.4 Å². The summed E-state index contributed by atoms with van der Waals surface area (Å²) in [6.07, 6.45) is 1.98. The fourth-order valence-electron chi connectivity index (χ4n) is 1.42. The molecule has 0 heterocycles. The van der Waals surface area contributed by atoms with Gasteiger partial charge in [-0.15, -0.1) is 0 Å². The summed E-state index contributed by atoms with van der Waals surface area (Å²) in [6.45, 7) is 5.30. The maximum absolute atomic E-state index is 10.6. The van der Waals surface area contributed by atoms with Crippen LogP contribution in [-0.2, 0) is 4.79 Å². The van der Waals surface area contributed by atoms with Gasteiger partial charge < -0.3 is 9.80 Å². The Kier molecular flexibility index (Phi) is 5.71. The van der Waals surface area contributed by atoms with Crippen molar-refractivity contribution in [2.24, 2.45) is 5.92 Å². The van der Waals surface area contributed by atoms with E-state index in [2.05, 4.69) is 18.7 Å². The van der Waals surface area contributed by atoms with Gasteiger partial charge in [0.25, 0.3) is 0 Å². The molecule has 0 aromatic heterocycles. The second kappa shape index (κ2) is 5.97.